The molecule has 0 aliphatic heterocycles. The zero-order valence-electron chi connectivity index (χ0n) is 4.34. The summed E-state index contributed by atoms with van der Waals surface area (Å²) in [5.41, 5.74) is 0. The molecule has 1 aromatic heterocycles. The third kappa shape index (κ3) is 2.16. The minimum absolute atomic E-state index is 0.950. The first-order chi connectivity index (χ1) is 4.33. The lowest BCUT2D eigenvalue weighted by atomic mass is 10.5. The normalized spacial score (nSPS) is 9.56. The molecule has 0 bridgehead atoms. The largest absolute Gasteiger partial charge is 0.262 e. The van der Waals surface area contributed by atoms with Gasteiger partial charge in [-0.1, -0.05) is 0 Å². The van der Waals surface area contributed by atoms with Crippen LogP contribution in [0.5, 0.6) is 0 Å². The molecule has 0 radical (unpaired) electrons. The van der Waals surface area contributed by atoms with Gasteiger partial charge in [-0.3, -0.25) is 4.98 Å². The van der Waals surface area contributed by atoms with E-state index in [0.717, 1.165) is 20.3 Å². The minimum atomic E-state index is 0.950. The molecule has 0 aliphatic rings. The predicted octanol–water partition coefficient (Wildman–Crippen LogP) is 3.09. The smallest absolute Gasteiger partial charge is 0.0428 e. The van der Waals surface area contributed by atoms with Crippen molar-refractivity contribution in [2.45, 2.75) is 4.90 Å². The van der Waals surface area contributed by atoms with E-state index in [4.69, 9.17) is 10.7 Å². The zero-order chi connectivity index (χ0) is 6.69. The standard InChI is InChI=1S/C5H3BrClNS/c6-4-1-5(9-7)3-8-2-4/h1-3H. The van der Waals surface area contributed by atoms with Crippen molar-refractivity contribution >= 4 is 37.6 Å². The topological polar surface area (TPSA) is 12.9 Å². The molecule has 0 saturated heterocycles. The van der Waals surface area contributed by atoms with Crippen LogP contribution in [0.25, 0.3) is 0 Å². The Bertz CT molecular complexity index is 206. The van der Waals surface area contributed by atoms with E-state index in [9.17, 15) is 0 Å². The third-order valence-electron chi connectivity index (χ3n) is 0.769. The van der Waals surface area contributed by atoms with Gasteiger partial charge in [0.1, 0.15) is 0 Å². The summed E-state index contributed by atoms with van der Waals surface area (Å²) in [7, 11) is 6.62. The average Bonchev–Trinajstić information content (AvgIpc) is 1.88. The molecule has 1 rings (SSSR count). The van der Waals surface area contributed by atoms with Gasteiger partial charge in [0.2, 0.25) is 0 Å². The van der Waals surface area contributed by atoms with Gasteiger partial charge in [0.05, 0.1) is 0 Å². The van der Waals surface area contributed by atoms with Crippen molar-refractivity contribution in [2.75, 3.05) is 0 Å². The Balaban J connectivity index is 2.94. The van der Waals surface area contributed by atoms with Crippen LogP contribution in [0, 0.1) is 0 Å². The summed E-state index contributed by atoms with van der Waals surface area (Å²) < 4.78 is 0.952. The molecule has 0 fully saturated rings. The maximum atomic E-state index is 5.45. The van der Waals surface area contributed by atoms with Crippen LogP contribution < -0.4 is 0 Å². The van der Waals surface area contributed by atoms with Crippen LogP contribution in [0.15, 0.2) is 27.8 Å². The summed E-state index contributed by atoms with van der Waals surface area (Å²) in [5, 5.41) is 0. The SMILES string of the molecule is ClSc1cncc(Br)c1. The molecule has 0 saturated carbocycles. The Morgan fingerprint density at radius 3 is 2.78 bits per heavy atom. The quantitative estimate of drug-likeness (QED) is 0.727. The lowest BCUT2D eigenvalue weighted by Gasteiger charge is -1.90. The molecule has 48 valence electrons. The Morgan fingerprint density at radius 1 is 1.56 bits per heavy atom. The average molecular weight is 225 g/mol. The van der Waals surface area contributed by atoms with Gasteiger partial charge in [0.25, 0.3) is 0 Å². The fourth-order valence-corrected chi connectivity index (χ4v) is 1.48. The molecule has 0 spiro atoms. The van der Waals surface area contributed by atoms with Crippen LogP contribution in [0.2, 0.25) is 0 Å². The Hall–Kier alpha value is 0.270. The monoisotopic (exact) mass is 223 g/mol. The second kappa shape index (κ2) is 3.44. The first kappa shape index (κ1) is 7.38. The van der Waals surface area contributed by atoms with Gasteiger partial charge in [-0.25, -0.2) is 0 Å². The molecule has 1 nitrogen and oxygen atoms in total. The Kier molecular flexibility index (Phi) is 2.82. The van der Waals surface area contributed by atoms with Gasteiger partial charge >= 0.3 is 0 Å². The van der Waals surface area contributed by atoms with Gasteiger partial charge in [0, 0.05) is 21.8 Å². The Morgan fingerprint density at radius 2 is 2.33 bits per heavy atom. The van der Waals surface area contributed by atoms with Crippen LogP contribution in [0.3, 0.4) is 0 Å². The summed E-state index contributed by atoms with van der Waals surface area (Å²) in [4.78, 5) is 4.85. The van der Waals surface area contributed by atoms with E-state index >= 15 is 0 Å². The van der Waals surface area contributed by atoms with E-state index in [1.807, 2.05) is 6.07 Å². The number of nitrogens with zero attached hydrogens (tertiary/aromatic N) is 1. The van der Waals surface area contributed by atoms with E-state index in [1.165, 1.54) is 0 Å². The highest BCUT2D eigenvalue weighted by Gasteiger charge is 1.90. The highest BCUT2D eigenvalue weighted by molar-refractivity contribution is 9.10. The Labute approximate surface area is 70.4 Å². The number of aromatic nitrogens is 1. The maximum absolute atomic E-state index is 5.45. The van der Waals surface area contributed by atoms with Gasteiger partial charge in [-0.2, -0.15) is 0 Å². The number of rotatable bonds is 1. The van der Waals surface area contributed by atoms with E-state index in [2.05, 4.69) is 20.9 Å². The van der Waals surface area contributed by atoms with Crippen LogP contribution in [-0.2, 0) is 0 Å². The van der Waals surface area contributed by atoms with Crippen molar-refractivity contribution in [3.63, 3.8) is 0 Å². The highest BCUT2D eigenvalue weighted by atomic mass is 79.9. The van der Waals surface area contributed by atoms with Crippen molar-refractivity contribution in [2.24, 2.45) is 0 Å². The molecule has 1 heterocycles. The lowest BCUT2D eigenvalue weighted by molar-refractivity contribution is 1.22. The molecule has 4 heteroatoms. The van der Waals surface area contributed by atoms with Crippen LogP contribution in [0.4, 0.5) is 0 Å². The first-order valence-electron chi connectivity index (χ1n) is 2.22. The molecule has 0 unspecified atom stereocenters. The van der Waals surface area contributed by atoms with Gasteiger partial charge < -0.3 is 0 Å². The first-order valence-corrected chi connectivity index (χ1v) is 4.65. The van der Waals surface area contributed by atoms with Crippen LogP contribution >= 0.6 is 37.6 Å². The molecule has 0 amide bonds. The molecule has 1 aromatic rings. The molecule has 0 aliphatic carbocycles. The van der Waals surface area contributed by atoms with Crippen molar-refractivity contribution in [3.8, 4) is 0 Å². The van der Waals surface area contributed by atoms with Gasteiger partial charge in [0.15, 0.2) is 0 Å². The van der Waals surface area contributed by atoms with E-state index in [-0.39, 0.29) is 0 Å². The second-order valence-corrected chi connectivity index (χ2v) is 3.42. The molecule has 0 atom stereocenters. The third-order valence-corrected chi connectivity index (χ3v) is 2.14. The summed E-state index contributed by atoms with van der Waals surface area (Å²) in [6.45, 7) is 0. The van der Waals surface area contributed by atoms with Crippen LogP contribution in [-0.4, -0.2) is 4.98 Å². The lowest BCUT2D eigenvalue weighted by Crippen LogP contribution is -1.71. The second-order valence-electron chi connectivity index (χ2n) is 1.42. The summed E-state index contributed by atoms with van der Waals surface area (Å²) in [6, 6.07) is 1.91. The number of hydrogen-bond acceptors (Lipinski definition) is 2. The minimum Gasteiger partial charge on any atom is -0.262 e. The number of pyridine rings is 1. The van der Waals surface area contributed by atoms with Crippen molar-refractivity contribution in [1.29, 1.82) is 0 Å². The fraction of sp³-hybridized carbons (Fsp3) is 0. The van der Waals surface area contributed by atoms with E-state index in [0.29, 0.717) is 0 Å². The molecular formula is C5H3BrClNS. The molecule has 0 aromatic carbocycles. The molecule has 0 N–H and O–H groups in total. The summed E-state index contributed by atoms with van der Waals surface area (Å²) in [5.74, 6) is 0. The van der Waals surface area contributed by atoms with E-state index < -0.39 is 0 Å². The molecular weight excluding hydrogens is 221 g/mol. The zero-order valence-corrected chi connectivity index (χ0v) is 7.50. The number of halogens is 2. The predicted molar refractivity (Wildman–Crippen MR) is 43.6 cm³/mol. The van der Waals surface area contributed by atoms with Crippen molar-refractivity contribution < 1.29 is 0 Å². The fourth-order valence-electron chi connectivity index (χ4n) is 0.435. The van der Waals surface area contributed by atoms with Gasteiger partial charge in [-0.15, -0.1) is 0 Å². The van der Waals surface area contributed by atoms with Crippen molar-refractivity contribution in [3.05, 3.63) is 22.9 Å². The summed E-state index contributed by atoms with van der Waals surface area (Å²) >= 11 is 3.27. The number of hydrogen-bond donors (Lipinski definition) is 0. The maximum Gasteiger partial charge on any atom is 0.0428 e. The highest BCUT2D eigenvalue weighted by Crippen LogP contribution is 2.23. The van der Waals surface area contributed by atoms with Crippen LogP contribution in [0.1, 0.15) is 0 Å². The van der Waals surface area contributed by atoms with E-state index in [1.54, 1.807) is 12.4 Å². The van der Waals surface area contributed by atoms with Crippen molar-refractivity contribution in [1.82, 2.24) is 4.98 Å². The molecule has 9 heavy (non-hydrogen) atoms. The summed E-state index contributed by atoms with van der Waals surface area (Å²) in [6.07, 6.45) is 3.43. The van der Waals surface area contributed by atoms with Gasteiger partial charge in [-0.05, 0) is 43.7 Å².